The normalized spacial score (nSPS) is 25.7. The third kappa shape index (κ3) is 2.85. The molecule has 1 aliphatic heterocycles. The molecule has 1 aromatic rings. The highest BCUT2D eigenvalue weighted by Gasteiger charge is 2.40. The Morgan fingerprint density at radius 1 is 1.32 bits per heavy atom. The third-order valence-electron chi connectivity index (χ3n) is 4.73. The van der Waals surface area contributed by atoms with Crippen molar-refractivity contribution in [1.82, 2.24) is 4.90 Å². The van der Waals surface area contributed by atoms with Crippen LogP contribution in [0.15, 0.2) is 30.4 Å². The number of fused-ring (bicyclic) bond motifs is 1. The zero-order valence-electron chi connectivity index (χ0n) is 12.5. The number of carboxylic acids is 1. The minimum Gasteiger partial charge on any atom is -0.496 e. The molecule has 1 fully saturated rings. The van der Waals surface area contributed by atoms with Crippen LogP contribution in [-0.2, 0) is 4.79 Å². The molecule has 4 nitrogen and oxygen atoms in total. The molecular weight excluding hydrogens is 302 g/mol. The second-order valence-electron chi connectivity index (χ2n) is 6.04. The quantitative estimate of drug-likeness (QED) is 0.864. The predicted octanol–water partition coefficient (Wildman–Crippen LogP) is 3.37. The van der Waals surface area contributed by atoms with Crippen molar-refractivity contribution in [2.45, 2.75) is 18.9 Å². The maximum atomic E-state index is 11.9. The van der Waals surface area contributed by atoms with Gasteiger partial charge >= 0.3 is 5.97 Å². The number of methoxy groups -OCH3 is 1. The molecule has 1 N–H and O–H groups in total. The van der Waals surface area contributed by atoms with Crippen molar-refractivity contribution in [3.63, 3.8) is 0 Å². The summed E-state index contributed by atoms with van der Waals surface area (Å²) in [7, 11) is 1.55. The summed E-state index contributed by atoms with van der Waals surface area (Å²) in [5.74, 6) is 0.825. The number of carbonyl (C=O) groups is 1. The van der Waals surface area contributed by atoms with Crippen molar-refractivity contribution < 1.29 is 14.6 Å². The smallest absolute Gasteiger partial charge is 0.325 e. The lowest BCUT2D eigenvalue weighted by molar-refractivity contribution is -0.143. The fourth-order valence-electron chi connectivity index (χ4n) is 3.67. The van der Waals surface area contributed by atoms with Crippen LogP contribution in [0.3, 0.4) is 0 Å². The summed E-state index contributed by atoms with van der Waals surface area (Å²) in [5, 5.41) is 10.3. The third-order valence-corrected chi connectivity index (χ3v) is 4.97. The van der Waals surface area contributed by atoms with Gasteiger partial charge in [0, 0.05) is 23.7 Å². The molecule has 1 unspecified atom stereocenters. The lowest BCUT2D eigenvalue weighted by atomic mass is 9.86. The second-order valence-corrected chi connectivity index (χ2v) is 6.48. The standard InChI is InChI=1S/C17H20ClNO3/c1-22-15-7-6-13(18)8-14(15)16(17(20)21)19-9-11-4-2-3-5-12(11)10-19/h2-3,6-8,11-12,16H,4-5,9-10H2,1H3,(H,20,21)/t11-,12+,16?. The first-order chi connectivity index (χ1) is 10.6. The highest BCUT2D eigenvalue weighted by molar-refractivity contribution is 6.30. The van der Waals surface area contributed by atoms with Crippen LogP contribution < -0.4 is 4.74 Å². The molecule has 0 saturated carbocycles. The van der Waals surface area contributed by atoms with E-state index in [-0.39, 0.29) is 0 Å². The first-order valence-corrected chi connectivity index (χ1v) is 7.93. The van der Waals surface area contributed by atoms with E-state index < -0.39 is 12.0 Å². The average Bonchev–Trinajstić information content (AvgIpc) is 2.90. The number of rotatable bonds is 4. The lowest BCUT2D eigenvalue weighted by Gasteiger charge is -2.26. The molecule has 1 heterocycles. The Morgan fingerprint density at radius 3 is 2.50 bits per heavy atom. The van der Waals surface area contributed by atoms with Gasteiger partial charge in [0.1, 0.15) is 11.8 Å². The van der Waals surface area contributed by atoms with E-state index in [1.807, 2.05) is 0 Å². The van der Waals surface area contributed by atoms with E-state index in [0.717, 1.165) is 25.9 Å². The minimum absolute atomic E-state index is 0.528. The second kappa shape index (κ2) is 6.31. The molecule has 1 aliphatic carbocycles. The van der Waals surface area contributed by atoms with Crippen molar-refractivity contribution in [2.75, 3.05) is 20.2 Å². The Bertz CT molecular complexity index is 586. The van der Waals surface area contributed by atoms with E-state index in [2.05, 4.69) is 17.1 Å². The molecule has 0 aromatic heterocycles. The number of aliphatic carboxylic acids is 1. The first kappa shape index (κ1) is 15.4. The van der Waals surface area contributed by atoms with Crippen LogP contribution in [-0.4, -0.2) is 36.2 Å². The summed E-state index contributed by atoms with van der Waals surface area (Å²) in [6, 6.07) is 4.45. The van der Waals surface area contributed by atoms with Crippen LogP contribution in [0.25, 0.3) is 0 Å². The minimum atomic E-state index is -0.854. The fraction of sp³-hybridized carbons (Fsp3) is 0.471. The summed E-state index contributed by atoms with van der Waals surface area (Å²) in [6.45, 7) is 1.61. The molecule has 3 rings (SSSR count). The summed E-state index contributed by atoms with van der Waals surface area (Å²) in [4.78, 5) is 14.0. The van der Waals surface area contributed by atoms with Gasteiger partial charge in [0.05, 0.1) is 7.11 Å². The lowest BCUT2D eigenvalue weighted by Crippen LogP contribution is -2.33. The molecular formula is C17H20ClNO3. The van der Waals surface area contributed by atoms with Crippen LogP contribution >= 0.6 is 11.6 Å². The number of hydrogen-bond acceptors (Lipinski definition) is 3. The number of ether oxygens (including phenoxy) is 1. The van der Waals surface area contributed by atoms with E-state index in [1.54, 1.807) is 25.3 Å². The fourth-order valence-corrected chi connectivity index (χ4v) is 3.85. The van der Waals surface area contributed by atoms with Gasteiger partial charge < -0.3 is 9.84 Å². The number of carboxylic acid groups (broad SMARTS) is 1. The van der Waals surface area contributed by atoms with Gasteiger partial charge in [-0.3, -0.25) is 9.69 Å². The van der Waals surface area contributed by atoms with Crippen LogP contribution in [0, 0.1) is 11.8 Å². The average molecular weight is 322 g/mol. The highest BCUT2D eigenvalue weighted by atomic mass is 35.5. The van der Waals surface area contributed by atoms with Crippen molar-refractivity contribution in [2.24, 2.45) is 11.8 Å². The topological polar surface area (TPSA) is 49.8 Å². The molecule has 22 heavy (non-hydrogen) atoms. The van der Waals surface area contributed by atoms with Crippen molar-refractivity contribution in [1.29, 1.82) is 0 Å². The van der Waals surface area contributed by atoms with E-state index >= 15 is 0 Å². The van der Waals surface area contributed by atoms with Gasteiger partial charge in [-0.1, -0.05) is 23.8 Å². The molecule has 1 saturated heterocycles. The Hall–Kier alpha value is -1.52. The zero-order chi connectivity index (χ0) is 15.7. The predicted molar refractivity (Wildman–Crippen MR) is 85.3 cm³/mol. The highest BCUT2D eigenvalue weighted by Crippen LogP contribution is 2.40. The van der Waals surface area contributed by atoms with E-state index in [0.29, 0.717) is 28.2 Å². The van der Waals surface area contributed by atoms with E-state index in [9.17, 15) is 9.90 Å². The molecule has 2 aliphatic rings. The van der Waals surface area contributed by atoms with Gasteiger partial charge in [-0.2, -0.15) is 0 Å². The molecule has 3 atom stereocenters. The SMILES string of the molecule is COc1ccc(Cl)cc1C(C(=O)O)N1C[C@H]2CC=CC[C@H]2C1. The number of halogens is 1. The van der Waals surface area contributed by atoms with E-state index in [1.165, 1.54) is 0 Å². The summed E-state index contributed by atoms with van der Waals surface area (Å²) >= 11 is 6.07. The number of hydrogen-bond donors (Lipinski definition) is 1. The molecule has 1 aromatic carbocycles. The van der Waals surface area contributed by atoms with Crippen molar-refractivity contribution in [3.05, 3.63) is 40.9 Å². The van der Waals surface area contributed by atoms with Crippen molar-refractivity contribution >= 4 is 17.6 Å². The maximum absolute atomic E-state index is 11.9. The van der Waals surface area contributed by atoms with Crippen LogP contribution in [0.4, 0.5) is 0 Å². The number of allylic oxidation sites excluding steroid dienone is 2. The molecule has 5 heteroatoms. The molecule has 0 radical (unpaired) electrons. The molecule has 0 spiro atoms. The Kier molecular flexibility index (Phi) is 4.41. The zero-order valence-corrected chi connectivity index (χ0v) is 13.3. The van der Waals surface area contributed by atoms with Gasteiger partial charge in [0.15, 0.2) is 0 Å². The number of benzene rings is 1. The Balaban J connectivity index is 1.91. The summed E-state index contributed by atoms with van der Waals surface area (Å²) in [5.41, 5.74) is 0.633. The molecule has 0 amide bonds. The van der Waals surface area contributed by atoms with Gasteiger partial charge in [-0.05, 0) is 42.9 Å². The largest absolute Gasteiger partial charge is 0.496 e. The number of nitrogens with zero attached hydrogens (tertiary/aromatic N) is 1. The molecule has 0 bridgehead atoms. The van der Waals surface area contributed by atoms with Crippen LogP contribution in [0.2, 0.25) is 5.02 Å². The van der Waals surface area contributed by atoms with E-state index in [4.69, 9.17) is 16.3 Å². The van der Waals surface area contributed by atoms with Gasteiger partial charge in [0.25, 0.3) is 0 Å². The van der Waals surface area contributed by atoms with Crippen LogP contribution in [0.5, 0.6) is 5.75 Å². The van der Waals surface area contributed by atoms with Crippen molar-refractivity contribution in [3.8, 4) is 5.75 Å². The Morgan fingerprint density at radius 2 is 1.95 bits per heavy atom. The maximum Gasteiger partial charge on any atom is 0.325 e. The molecule has 118 valence electrons. The number of likely N-dealkylation sites (tertiary alicyclic amines) is 1. The van der Waals surface area contributed by atoms with Gasteiger partial charge in [0.2, 0.25) is 0 Å². The van der Waals surface area contributed by atoms with Gasteiger partial charge in [-0.15, -0.1) is 0 Å². The monoisotopic (exact) mass is 321 g/mol. The van der Waals surface area contributed by atoms with Crippen LogP contribution in [0.1, 0.15) is 24.4 Å². The Labute approximate surface area is 135 Å². The summed E-state index contributed by atoms with van der Waals surface area (Å²) in [6.07, 6.45) is 6.50. The summed E-state index contributed by atoms with van der Waals surface area (Å²) < 4.78 is 5.35. The first-order valence-electron chi connectivity index (χ1n) is 7.55. The van der Waals surface area contributed by atoms with Gasteiger partial charge in [-0.25, -0.2) is 0 Å².